The number of rotatable bonds is 7. The molecule has 1 unspecified atom stereocenters. The second-order valence-corrected chi connectivity index (χ2v) is 12.7. The van der Waals surface area contributed by atoms with Crippen LogP contribution in [0, 0.1) is 5.41 Å². The van der Waals surface area contributed by atoms with Crippen molar-refractivity contribution >= 4 is 17.0 Å². The average molecular weight is 598 g/mol. The topological polar surface area (TPSA) is 89.5 Å². The zero-order chi connectivity index (χ0) is 31.9. The van der Waals surface area contributed by atoms with Crippen LogP contribution in [0.5, 0.6) is 11.5 Å². The molecule has 0 spiro atoms. The molecule has 0 aliphatic carbocycles. The SMILES string of the molecule is COC(Cn1c(=N)n(Cc2ccccc2)c2ccccc21)c1cc(C(C)(C)C)c(O)c(C(C)(C)C)c1OC(=O)C(F)(F)F. The van der Waals surface area contributed by atoms with Crippen molar-refractivity contribution < 1.29 is 32.5 Å². The molecule has 43 heavy (non-hydrogen) atoms. The number of benzene rings is 3. The van der Waals surface area contributed by atoms with Crippen LogP contribution in [0.15, 0.2) is 60.7 Å². The van der Waals surface area contributed by atoms with E-state index in [1.165, 1.54) is 7.11 Å². The van der Waals surface area contributed by atoms with Crippen molar-refractivity contribution in [3.8, 4) is 11.5 Å². The number of aromatic nitrogens is 2. The fraction of sp³-hybridized carbons (Fsp3) is 0.394. The Morgan fingerprint density at radius 2 is 1.47 bits per heavy atom. The van der Waals surface area contributed by atoms with E-state index in [2.05, 4.69) is 0 Å². The van der Waals surface area contributed by atoms with E-state index in [4.69, 9.17) is 14.9 Å². The summed E-state index contributed by atoms with van der Waals surface area (Å²) >= 11 is 0. The van der Waals surface area contributed by atoms with Gasteiger partial charge < -0.3 is 23.7 Å². The van der Waals surface area contributed by atoms with Crippen LogP contribution >= 0.6 is 0 Å². The normalized spacial score (nSPS) is 13.3. The fourth-order valence-electron chi connectivity index (χ4n) is 5.31. The van der Waals surface area contributed by atoms with Gasteiger partial charge in [0.25, 0.3) is 0 Å². The number of hydrogen-bond acceptors (Lipinski definition) is 5. The summed E-state index contributed by atoms with van der Waals surface area (Å²) in [4.78, 5) is 12.2. The molecule has 0 saturated heterocycles. The smallest absolute Gasteiger partial charge is 0.491 e. The first-order valence-electron chi connectivity index (χ1n) is 13.9. The number of carbonyl (C=O) groups is 1. The fourth-order valence-corrected chi connectivity index (χ4v) is 5.31. The van der Waals surface area contributed by atoms with E-state index >= 15 is 0 Å². The van der Waals surface area contributed by atoms with Crippen LogP contribution in [-0.2, 0) is 33.5 Å². The third kappa shape index (κ3) is 6.49. The molecule has 10 heteroatoms. The summed E-state index contributed by atoms with van der Waals surface area (Å²) in [7, 11) is 1.41. The summed E-state index contributed by atoms with van der Waals surface area (Å²) < 4.78 is 55.0. The van der Waals surface area contributed by atoms with Gasteiger partial charge in [0.2, 0.25) is 5.62 Å². The number of methoxy groups -OCH3 is 1. The standard InChI is InChI=1S/C33H38F3N3O4/c1-31(2,3)22-17-21(28(43-29(41)33(34,35)36)26(27(22)40)32(4,5)6)25(42-7)19-39-24-16-12-11-15-23(24)38(30(39)37)18-20-13-9-8-10-14-20/h8-17,25,37,40H,18-19H2,1-7H3. The minimum Gasteiger partial charge on any atom is -0.507 e. The van der Waals surface area contributed by atoms with E-state index in [9.17, 15) is 23.1 Å². The van der Waals surface area contributed by atoms with Crippen molar-refractivity contribution in [1.29, 1.82) is 5.41 Å². The van der Waals surface area contributed by atoms with Crippen molar-refractivity contribution in [2.75, 3.05) is 7.11 Å². The van der Waals surface area contributed by atoms with Gasteiger partial charge in [0.05, 0.1) is 24.1 Å². The molecule has 1 heterocycles. The highest BCUT2D eigenvalue weighted by Gasteiger charge is 2.44. The van der Waals surface area contributed by atoms with Gasteiger partial charge in [0, 0.05) is 23.8 Å². The minimum atomic E-state index is -5.26. The Labute approximate surface area is 249 Å². The lowest BCUT2D eigenvalue weighted by molar-refractivity contribution is -0.189. The number of phenolic OH excluding ortho intramolecular Hbond substituents is 1. The molecule has 230 valence electrons. The maximum atomic E-state index is 13.5. The number of nitrogens with one attached hydrogen (secondary N) is 1. The second kappa shape index (κ2) is 11.6. The van der Waals surface area contributed by atoms with Crippen molar-refractivity contribution in [2.45, 2.75) is 77.7 Å². The Morgan fingerprint density at radius 1 is 0.907 bits per heavy atom. The molecule has 2 N–H and O–H groups in total. The summed E-state index contributed by atoms with van der Waals surface area (Å²) in [5, 5.41) is 20.5. The predicted octanol–water partition coefficient (Wildman–Crippen LogP) is 7.13. The van der Waals surface area contributed by atoms with E-state index in [0.29, 0.717) is 12.1 Å². The number of fused-ring (bicyclic) bond motifs is 1. The molecule has 0 radical (unpaired) electrons. The molecular weight excluding hydrogens is 559 g/mol. The molecule has 0 amide bonds. The van der Waals surface area contributed by atoms with Crippen molar-refractivity contribution in [1.82, 2.24) is 9.13 Å². The van der Waals surface area contributed by atoms with Gasteiger partial charge >= 0.3 is 12.1 Å². The van der Waals surface area contributed by atoms with E-state index in [-0.39, 0.29) is 29.0 Å². The summed E-state index contributed by atoms with van der Waals surface area (Å²) in [6.45, 7) is 11.2. The molecule has 0 bridgehead atoms. The molecule has 0 aliphatic rings. The lowest BCUT2D eigenvalue weighted by atomic mass is 9.77. The molecule has 0 saturated carbocycles. The summed E-state index contributed by atoms with van der Waals surface area (Å²) in [6, 6.07) is 18.7. The highest BCUT2D eigenvalue weighted by atomic mass is 19.4. The van der Waals surface area contributed by atoms with Crippen molar-refractivity contribution in [3.63, 3.8) is 0 Å². The molecule has 4 aromatic rings. The largest absolute Gasteiger partial charge is 0.507 e. The van der Waals surface area contributed by atoms with Crippen LogP contribution in [0.25, 0.3) is 11.0 Å². The van der Waals surface area contributed by atoms with Crippen molar-refractivity contribution in [2.24, 2.45) is 0 Å². The zero-order valence-corrected chi connectivity index (χ0v) is 25.5. The van der Waals surface area contributed by atoms with Gasteiger partial charge in [-0.15, -0.1) is 0 Å². The van der Waals surface area contributed by atoms with Crippen molar-refractivity contribution in [3.05, 3.63) is 88.5 Å². The van der Waals surface area contributed by atoms with Gasteiger partial charge in [-0.2, -0.15) is 13.2 Å². The third-order valence-corrected chi connectivity index (χ3v) is 7.40. The highest BCUT2D eigenvalue weighted by Crippen LogP contribution is 2.49. The Kier molecular flexibility index (Phi) is 8.57. The van der Waals surface area contributed by atoms with Gasteiger partial charge in [0.1, 0.15) is 17.6 Å². The van der Waals surface area contributed by atoms with Gasteiger partial charge in [0.15, 0.2) is 0 Å². The number of alkyl halides is 3. The van der Waals surface area contributed by atoms with E-state index in [1.807, 2.05) is 79.9 Å². The van der Waals surface area contributed by atoms with Crippen LogP contribution in [0.1, 0.15) is 69.9 Å². The number of halogens is 3. The van der Waals surface area contributed by atoms with E-state index < -0.39 is 34.8 Å². The first kappa shape index (κ1) is 31.9. The molecule has 4 rings (SSSR count). The maximum absolute atomic E-state index is 13.5. The number of imidazole rings is 1. The van der Waals surface area contributed by atoms with Crippen LogP contribution in [0.3, 0.4) is 0 Å². The van der Waals surface area contributed by atoms with Crippen LogP contribution in [0.4, 0.5) is 13.2 Å². The lowest BCUT2D eigenvalue weighted by Crippen LogP contribution is -2.31. The number of para-hydroxylation sites is 2. The number of carbonyl (C=O) groups excluding carboxylic acids is 1. The number of nitrogens with zero attached hydrogens (tertiary/aromatic N) is 2. The molecule has 1 atom stereocenters. The highest BCUT2D eigenvalue weighted by molar-refractivity contribution is 5.80. The first-order chi connectivity index (χ1) is 19.9. The van der Waals surface area contributed by atoms with E-state index in [0.717, 1.165) is 16.6 Å². The number of ether oxygens (including phenoxy) is 2. The van der Waals surface area contributed by atoms with Crippen LogP contribution in [0.2, 0.25) is 0 Å². The first-order valence-corrected chi connectivity index (χ1v) is 13.9. The van der Waals surface area contributed by atoms with E-state index in [1.54, 1.807) is 31.4 Å². The molecule has 7 nitrogen and oxygen atoms in total. The molecule has 3 aromatic carbocycles. The minimum absolute atomic E-state index is 0.0200. The molecule has 0 aliphatic heterocycles. The maximum Gasteiger partial charge on any atom is 0.491 e. The second-order valence-electron chi connectivity index (χ2n) is 12.7. The molecular formula is C33H38F3N3O4. The number of esters is 1. The Bertz CT molecular complexity index is 1690. The monoisotopic (exact) mass is 597 g/mol. The number of aromatic hydroxyl groups is 1. The van der Waals surface area contributed by atoms with Crippen LogP contribution in [-0.4, -0.2) is 33.5 Å². The number of phenols is 1. The Balaban J connectivity index is 1.96. The number of hydrogen-bond donors (Lipinski definition) is 2. The van der Waals surface area contributed by atoms with Gasteiger partial charge in [-0.3, -0.25) is 5.41 Å². The Hall–Kier alpha value is -4.05. The Morgan fingerprint density at radius 3 is 1.98 bits per heavy atom. The quantitative estimate of drug-likeness (QED) is 0.175. The molecule has 1 aromatic heterocycles. The van der Waals surface area contributed by atoms with Crippen LogP contribution < -0.4 is 10.4 Å². The summed E-state index contributed by atoms with van der Waals surface area (Å²) in [5.41, 5.74) is 1.84. The molecule has 0 fully saturated rings. The van der Waals surface area contributed by atoms with Gasteiger partial charge in [-0.25, -0.2) is 4.79 Å². The summed E-state index contributed by atoms with van der Waals surface area (Å²) in [5.74, 6) is -3.03. The average Bonchev–Trinajstić information content (AvgIpc) is 3.16. The third-order valence-electron chi connectivity index (χ3n) is 7.40. The van der Waals surface area contributed by atoms with Gasteiger partial charge in [-0.05, 0) is 34.6 Å². The predicted molar refractivity (Wildman–Crippen MR) is 158 cm³/mol. The zero-order valence-electron chi connectivity index (χ0n) is 25.5. The van der Waals surface area contributed by atoms with Gasteiger partial charge in [-0.1, -0.05) is 84.0 Å². The lowest BCUT2D eigenvalue weighted by Gasteiger charge is -2.32. The summed E-state index contributed by atoms with van der Waals surface area (Å²) in [6.07, 6.45) is -6.22.